The van der Waals surface area contributed by atoms with Crippen LogP contribution in [0.15, 0.2) is 23.3 Å². The summed E-state index contributed by atoms with van der Waals surface area (Å²) < 4.78 is 10.3. The Morgan fingerprint density at radius 3 is 2.89 bits per heavy atom. The highest BCUT2D eigenvalue weighted by Crippen LogP contribution is 2.29. The maximum Gasteiger partial charge on any atom is 0.254 e. The third kappa shape index (κ3) is 3.49. The first-order valence-corrected chi connectivity index (χ1v) is 5.12. The Balaban J connectivity index is 2.81. The molecule has 0 aliphatic rings. The van der Waals surface area contributed by atoms with Crippen molar-refractivity contribution in [1.82, 2.24) is 5.43 Å². The molecule has 0 heterocycles. The van der Waals surface area contributed by atoms with E-state index < -0.39 is 5.91 Å². The SMILES string of the molecule is COc1cccc(C=NNC(=O)CC#N)c1OC. The van der Waals surface area contributed by atoms with Gasteiger partial charge in [-0.25, -0.2) is 5.43 Å². The average Bonchev–Trinajstić information content (AvgIpc) is 2.38. The standard InChI is InChI=1S/C12H13N3O3/c1-17-10-5-3-4-9(12(10)18-2)8-14-15-11(16)6-7-13/h3-5,8H,6H2,1-2H3,(H,15,16). The lowest BCUT2D eigenvalue weighted by Crippen LogP contribution is -2.16. The first-order chi connectivity index (χ1) is 8.72. The molecule has 0 radical (unpaired) electrons. The number of nitrogens with zero attached hydrogens (tertiary/aromatic N) is 2. The molecule has 0 saturated heterocycles. The average molecular weight is 247 g/mol. The normalized spacial score (nSPS) is 9.83. The number of methoxy groups -OCH3 is 2. The van der Waals surface area contributed by atoms with Crippen LogP contribution in [-0.4, -0.2) is 26.3 Å². The highest BCUT2D eigenvalue weighted by molar-refractivity contribution is 5.86. The molecule has 0 bridgehead atoms. The minimum atomic E-state index is -0.462. The van der Waals surface area contributed by atoms with E-state index in [0.717, 1.165) is 0 Å². The molecule has 6 heteroatoms. The van der Waals surface area contributed by atoms with Gasteiger partial charge in [0.2, 0.25) is 0 Å². The summed E-state index contributed by atoms with van der Waals surface area (Å²) in [7, 11) is 3.05. The van der Waals surface area contributed by atoms with Gasteiger partial charge in [-0.3, -0.25) is 4.79 Å². The van der Waals surface area contributed by atoms with Crippen molar-refractivity contribution in [3.05, 3.63) is 23.8 Å². The number of carbonyl (C=O) groups excluding carboxylic acids is 1. The van der Waals surface area contributed by atoms with Crippen LogP contribution in [0.1, 0.15) is 12.0 Å². The van der Waals surface area contributed by atoms with Crippen molar-refractivity contribution in [2.24, 2.45) is 5.10 Å². The summed E-state index contributed by atoms with van der Waals surface area (Å²) in [6.45, 7) is 0. The number of hydrogen-bond donors (Lipinski definition) is 1. The van der Waals surface area contributed by atoms with Gasteiger partial charge in [0.25, 0.3) is 5.91 Å². The minimum absolute atomic E-state index is 0.230. The number of nitriles is 1. The summed E-state index contributed by atoms with van der Waals surface area (Å²) >= 11 is 0. The van der Waals surface area contributed by atoms with Gasteiger partial charge in [-0.15, -0.1) is 0 Å². The van der Waals surface area contributed by atoms with Crippen LogP contribution in [-0.2, 0) is 4.79 Å². The summed E-state index contributed by atoms with van der Waals surface area (Å²) in [5.41, 5.74) is 2.89. The molecule has 0 aliphatic heterocycles. The molecule has 0 unspecified atom stereocenters. The van der Waals surface area contributed by atoms with Gasteiger partial charge in [-0.2, -0.15) is 10.4 Å². The van der Waals surface area contributed by atoms with E-state index in [1.54, 1.807) is 24.3 Å². The fourth-order valence-electron chi connectivity index (χ4n) is 1.30. The summed E-state index contributed by atoms with van der Waals surface area (Å²) in [5.74, 6) is 0.638. The molecular weight excluding hydrogens is 234 g/mol. The summed E-state index contributed by atoms with van der Waals surface area (Å²) in [4.78, 5) is 11.0. The van der Waals surface area contributed by atoms with Gasteiger partial charge in [-0.05, 0) is 12.1 Å². The number of ether oxygens (including phenoxy) is 2. The first-order valence-electron chi connectivity index (χ1n) is 5.12. The maximum atomic E-state index is 11.0. The highest BCUT2D eigenvalue weighted by Gasteiger charge is 2.07. The lowest BCUT2D eigenvalue weighted by molar-refractivity contribution is -0.120. The summed E-state index contributed by atoms with van der Waals surface area (Å²) in [5, 5.41) is 12.0. The predicted octanol–water partition coefficient (Wildman–Crippen LogP) is 1.07. The molecule has 1 aromatic rings. The zero-order chi connectivity index (χ0) is 13.4. The smallest absolute Gasteiger partial charge is 0.254 e. The van der Waals surface area contributed by atoms with E-state index in [0.29, 0.717) is 17.1 Å². The molecule has 6 nitrogen and oxygen atoms in total. The molecule has 94 valence electrons. The van der Waals surface area contributed by atoms with Gasteiger partial charge in [-0.1, -0.05) is 6.07 Å². The summed E-state index contributed by atoms with van der Waals surface area (Å²) in [6.07, 6.45) is 1.20. The van der Waals surface area contributed by atoms with Crippen molar-refractivity contribution in [2.75, 3.05) is 14.2 Å². The third-order valence-electron chi connectivity index (χ3n) is 2.07. The van der Waals surface area contributed by atoms with E-state index in [1.807, 2.05) is 0 Å². The van der Waals surface area contributed by atoms with Gasteiger partial charge < -0.3 is 9.47 Å². The second-order valence-electron chi connectivity index (χ2n) is 3.21. The second-order valence-corrected chi connectivity index (χ2v) is 3.21. The lowest BCUT2D eigenvalue weighted by Gasteiger charge is -2.09. The van der Waals surface area contributed by atoms with Crippen molar-refractivity contribution >= 4 is 12.1 Å². The molecule has 1 aromatic carbocycles. The van der Waals surface area contributed by atoms with Crippen LogP contribution in [0.4, 0.5) is 0 Å². The molecule has 1 rings (SSSR count). The predicted molar refractivity (Wildman–Crippen MR) is 65.5 cm³/mol. The minimum Gasteiger partial charge on any atom is -0.493 e. The Bertz CT molecular complexity index is 492. The fourth-order valence-corrected chi connectivity index (χ4v) is 1.30. The summed E-state index contributed by atoms with van der Waals surface area (Å²) in [6, 6.07) is 7.02. The van der Waals surface area contributed by atoms with E-state index in [9.17, 15) is 4.79 Å². The van der Waals surface area contributed by atoms with Gasteiger partial charge in [0.05, 0.1) is 26.5 Å². The van der Waals surface area contributed by atoms with Crippen LogP contribution < -0.4 is 14.9 Å². The number of benzene rings is 1. The van der Waals surface area contributed by atoms with E-state index in [-0.39, 0.29) is 6.42 Å². The quantitative estimate of drug-likeness (QED) is 0.623. The van der Waals surface area contributed by atoms with Crippen molar-refractivity contribution in [3.8, 4) is 17.6 Å². The molecule has 0 fully saturated rings. The molecule has 1 N–H and O–H groups in total. The van der Waals surface area contributed by atoms with Gasteiger partial charge in [0.1, 0.15) is 6.42 Å². The van der Waals surface area contributed by atoms with Crippen LogP contribution in [0.5, 0.6) is 11.5 Å². The Labute approximate surface area is 105 Å². The zero-order valence-electron chi connectivity index (χ0n) is 10.1. The Morgan fingerprint density at radius 1 is 1.50 bits per heavy atom. The molecule has 0 saturated carbocycles. The Morgan fingerprint density at radius 2 is 2.28 bits per heavy atom. The van der Waals surface area contributed by atoms with E-state index in [2.05, 4.69) is 10.5 Å². The number of rotatable bonds is 5. The molecule has 0 aliphatic carbocycles. The largest absolute Gasteiger partial charge is 0.493 e. The van der Waals surface area contributed by atoms with Gasteiger partial charge in [0.15, 0.2) is 11.5 Å². The highest BCUT2D eigenvalue weighted by atomic mass is 16.5. The van der Waals surface area contributed by atoms with Crippen LogP contribution in [0.3, 0.4) is 0 Å². The van der Waals surface area contributed by atoms with Crippen molar-refractivity contribution < 1.29 is 14.3 Å². The Kier molecular flexibility index (Phi) is 5.19. The van der Waals surface area contributed by atoms with E-state index in [1.165, 1.54) is 20.4 Å². The lowest BCUT2D eigenvalue weighted by atomic mass is 10.2. The van der Waals surface area contributed by atoms with Crippen LogP contribution in [0.2, 0.25) is 0 Å². The third-order valence-corrected chi connectivity index (χ3v) is 2.07. The Hall–Kier alpha value is -2.55. The topological polar surface area (TPSA) is 83.7 Å². The number of nitrogens with one attached hydrogen (secondary N) is 1. The van der Waals surface area contributed by atoms with Gasteiger partial charge in [0, 0.05) is 5.56 Å². The number of hydrazone groups is 1. The van der Waals surface area contributed by atoms with Crippen molar-refractivity contribution in [1.29, 1.82) is 5.26 Å². The number of carbonyl (C=O) groups is 1. The maximum absolute atomic E-state index is 11.0. The molecule has 0 spiro atoms. The number of hydrogen-bond acceptors (Lipinski definition) is 5. The molecular formula is C12H13N3O3. The fraction of sp³-hybridized carbons (Fsp3) is 0.250. The second kappa shape index (κ2) is 6.91. The van der Waals surface area contributed by atoms with Crippen molar-refractivity contribution in [3.63, 3.8) is 0 Å². The molecule has 0 aromatic heterocycles. The monoisotopic (exact) mass is 247 g/mol. The van der Waals surface area contributed by atoms with Gasteiger partial charge >= 0.3 is 0 Å². The van der Waals surface area contributed by atoms with Crippen molar-refractivity contribution in [2.45, 2.75) is 6.42 Å². The van der Waals surface area contributed by atoms with E-state index in [4.69, 9.17) is 14.7 Å². The van der Waals surface area contributed by atoms with Crippen LogP contribution >= 0.6 is 0 Å². The molecule has 0 atom stereocenters. The first kappa shape index (κ1) is 13.5. The molecule has 1 amide bonds. The zero-order valence-corrected chi connectivity index (χ0v) is 10.1. The van der Waals surface area contributed by atoms with Crippen LogP contribution in [0.25, 0.3) is 0 Å². The number of amides is 1. The number of para-hydroxylation sites is 1. The molecule has 18 heavy (non-hydrogen) atoms. The van der Waals surface area contributed by atoms with E-state index >= 15 is 0 Å². The van der Waals surface area contributed by atoms with Crippen LogP contribution in [0, 0.1) is 11.3 Å².